The number of nitrogens with zero attached hydrogens (tertiary/aromatic N) is 4. The molecule has 26 heavy (non-hydrogen) atoms. The maximum atomic E-state index is 12.9. The van der Waals surface area contributed by atoms with Gasteiger partial charge in [0.25, 0.3) is 0 Å². The van der Waals surface area contributed by atoms with E-state index < -0.39 is 25.1 Å². The summed E-state index contributed by atoms with van der Waals surface area (Å²) in [6, 6.07) is 6.38. The average Bonchev–Trinajstić information content (AvgIpc) is 3.08. The van der Waals surface area contributed by atoms with Crippen molar-refractivity contribution in [1.82, 2.24) is 19.1 Å². The average molecular weight is 400 g/mol. The molecule has 1 aromatic carbocycles. The Morgan fingerprint density at radius 2 is 1.77 bits per heavy atom. The van der Waals surface area contributed by atoms with Crippen LogP contribution >= 0.6 is 0 Å². The van der Waals surface area contributed by atoms with Crippen LogP contribution in [-0.2, 0) is 26.9 Å². The van der Waals surface area contributed by atoms with Crippen molar-refractivity contribution in [2.75, 3.05) is 20.2 Å². The predicted molar refractivity (Wildman–Crippen MR) is 93.0 cm³/mol. The minimum atomic E-state index is -3.76. The number of aryl methyl sites for hydroxylation is 1. The normalized spacial score (nSPS) is 17.3. The zero-order chi connectivity index (χ0) is 18.9. The molecule has 0 bridgehead atoms. The van der Waals surface area contributed by atoms with Crippen LogP contribution in [0.2, 0.25) is 0 Å². The molecule has 9 nitrogen and oxygen atoms in total. The quantitative estimate of drug-likeness (QED) is 0.716. The summed E-state index contributed by atoms with van der Waals surface area (Å²) in [4.78, 5) is 0.0807. The second-order valence-electron chi connectivity index (χ2n) is 6.02. The topological polar surface area (TPSA) is 111 Å². The van der Waals surface area contributed by atoms with Gasteiger partial charge in [0.1, 0.15) is 17.0 Å². The van der Waals surface area contributed by atoms with E-state index in [-0.39, 0.29) is 41.7 Å². The van der Waals surface area contributed by atoms with Gasteiger partial charge in [-0.25, -0.2) is 16.8 Å². The third-order valence-electron chi connectivity index (χ3n) is 4.45. The third kappa shape index (κ3) is 3.21. The first-order valence-corrected chi connectivity index (χ1v) is 11.0. The number of rotatable bonds is 5. The fourth-order valence-corrected chi connectivity index (χ4v) is 6.40. The molecule has 0 aliphatic carbocycles. The van der Waals surface area contributed by atoms with Gasteiger partial charge < -0.3 is 9.30 Å². The fraction of sp³-hybridized carbons (Fsp3) is 0.467. The van der Waals surface area contributed by atoms with Crippen LogP contribution in [-0.4, -0.2) is 61.4 Å². The standard InChI is InChI=1S/C15H20N4O5S2/c1-18-11-16-17-15(18)25(20,21)12-7-9-19(10-8-12)26(22,23)14-6-4-3-5-13(14)24-2/h3-6,11-12H,7-10H2,1-2H3. The summed E-state index contributed by atoms with van der Waals surface area (Å²) in [5, 5.41) is 6.51. The second-order valence-corrected chi connectivity index (χ2v) is 10.1. The first kappa shape index (κ1) is 18.8. The Kier molecular flexibility index (Phi) is 5.04. The summed E-state index contributed by atoms with van der Waals surface area (Å²) in [6.07, 6.45) is 1.72. The van der Waals surface area contributed by atoms with E-state index in [1.165, 1.54) is 28.4 Å². The number of hydrogen-bond acceptors (Lipinski definition) is 7. The molecule has 0 saturated carbocycles. The van der Waals surface area contributed by atoms with E-state index in [1.807, 2.05) is 0 Å². The third-order valence-corrected chi connectivity index (χ3v) is 8.62. The van der Waals surface area contributed by atoms with Gasteiger partial charge >= 0.3 is 0 Å². The van der Waals surface area contributed by atoms with Gasteiger partial charge in [0.05, 0.1) is 12.4 Å². The van der Waals surface area contributed by atoms with Gasteiger partial charge in [-0.05, 0) is 25.0 Å². The molecule has 0 N–H and O–H groups in total. The molecule has 2 heterocycles. The first-order valence-electron chi connectivity index (χ1n) is 7.99. The Morgan fingerprint density at radius 3 is 2.35 bits per heavy atom. The van der Waals surface area contributed by atoms with E-state index in [0.717, 1.165) is 0 Å². The van der Waals surface area contributed by atoms with Crippen LogP contribution in [0.15, 0.2) is 40.6 Å². The highest BCUT2D eigenvalue weighted by Crippen LogP contribution is 2.30. The van der Waals surface area contributed by atoms with Crippen molar-refractivity contribution in [2.45, 2.75) is 28.1 Å². The van der Waals surface area contributed by atoms with E-state index in [9.17, 15) is 16.8 Å². The lowest BCUT2D eigenvalue weighted by molar-refractivity contribution is 0.341. The summed E-state index contributed by atoms with van der Waals surface area (Å²) in [5.41, 5.74) is 0. The lowest BCUT2D eigenvalue weighted by Gasteiger charge is -2.30. The SMILES string of the molecule is COc1ccccc1S(=O)(=O)N1CCC(S(=O)(=O)c2nncn2C)CC1. The van der Waals surface area contributed by atoms with Crippen molar-refractivity contribution in [3.8, 4) is 5.75 Å². The van der Waals surface area contributed by atoms with E-state index in [1.54, 1.807) is 25.2 Å². The number of aromatic nitrogens is 3. The predicted octanol–water partition coefficient (Wildman–Crippen LogP) is 0.451. The molecule has 1 aliphatic heterocycles. The van der Waals surface area contributed by atoms with E-state index in [2.05, 4.69) is 10.2 Å². The Hall–Kier alpha value is -1.98. The van der Waals surface area contributed by atoms with Crippen molar-refractivity contribution < 1.29 is 21.6 Å². The molecule has 1 aliphatic rings. The fourth-order valence-electron chi connectivity index (χ4n) is 3.03. The summed E-state index contributed by atoms with van der Waals surface area (Å²) in [5.74, 6) is 0.265. The maximum Gasteiger partial charge on any atom is 0.249 e. The lowest BCUT2D eigenvalue weighted by Crippen LogP contribution is -2.42. The van der Waals surface area contributed by atoms with Crippen LogP contribution in [0.25, 0.3) is 0 Å². The smallest absolute Gasteiger partial charge is 0.249 e. The van der Waals surface area contributed by atoms with Crippen LogP contribution in [0.5, 0.6) is 5.75 Å². The van der Waals surface area contributed by atoms with E-state index in [0.29, 0.717) is 0 Å². The van der Waals surface area contributed by atoms with Gasteiger partial charge in [0.2, 0.25) is 25.0 Å². The molecule has 142 valence electrons. The molecule has 0 unspecified atom stereocenters. The van der Waals surface area contributed by atoms with Crippen LogP contribution < -0.4 is 4.74 Å². The summed E-state index contributed by atoms with van der Waals surface area (Å²) < 4.78 is 58.9. The van der Waals surface area contributed by atoms with Crippen molar-refractivity contribution in [3.05, 3.63) is 30.6 Å². The molecule has 0 atom stereocenters. The van der Waals surface area contributed by atoms with E-state index >= 15 is 0 Å². The second kappa shape index (κ2) is 6.97. The molecule has 1 saturated heterocycles. The molecule has 2 aromatic rings. The number of methoxy groups -OCH3 is 1. The van der Waals surface area contributed by atoms with Crippen LogP contribution in [0, 0.1) is 0 Å². The minimum absolute atomic E-state index is 0.0807. The number of para-hydroxylation sites is 1. The number of ether oxygens (including phenoxy) is 1. The maximum absolute atomic E-state index is 12.9. The highest BCUT2D eigenvalue weighted by Gasteiger charge is 2.38. The highest BCUT2D eigenvalue weighted by molar-refractivity contribution is 7.92. The zero-order valence-electron chi connectivity index (χ0n) is 14.4. The number of hydrogen-bond donors (Lipinski definition) is 0. The van der Waals surface area contributed by atoms with Gasteiger partial charge in [-0.1, -0.05) is 12.1 Å². The monoisotopic (exact) mass is 400 g/mol. The van der Waals surface area contributed by atoms with E-state index in [4.69, 9.17) is 4.74 Å². The summed E-state index contributed by atoms with van der Waals surface area (Å²) >= 11 is 0. The molecule has 0 spiro atoms. The Balaban J connectivity index is 1.79. The van der Waals surface area contributed by atoms with Crippen LogP contribution in [0.3, 0.4) is 0 Å². The van der Waals surface area contributed by atoms with Crippen molar-refractivity contribution in [2.24, 2.45) is 7.05 Å². The molecular formula is C15H20N4O5S2. The number of sulfonamides is 1. The summed E-state index contributed by atoms with van der Waals surface area (Å²) in [6.45, 7) is 0.226. The van der Waals surface area contributed by atoms with Gasteiger partial charge in [0, 0.05) is 20.1 Å². The number of benzene rings is 1. The number of piperidine rings is 1. The van der Waals surface area contributed by atoms with Crippen LogP contribution in [0.1, 0.15) is 12.8 Å². The lowest BCUT2D eigenvalue weighted by atomic mass is 10.2. The van der Waals surface area contributed by atoms with Gasteiger partial charge in [-0.2, -0.15) is 4.31 Å². The van der Waals surface area contributed by atoms with Crippen LogP contribution in [0.4, 0.5) is 0 Å². The molecule has 1 fully saturated rings. The molecule has 11 heteroatoms. The first-order chi connectivity index (χ1) is 12.3. The summed E-state index contributed by atoms with van der Waals surface area (Å²) in [7, 11) is -4.43. The van der Waals surface area contributed by atoms with Crippen molar-refractivity contribution >= 4 is 19.9 Å². The van der Waals surface area contributed by atoms with Gasteiger partial charge in [-0.15, -0.1) is 10.2 Å². The Morgan fingerprint density at radius 1 is 1.12 bits per heavy atom. The minimum Gasteiger partial charge on any atom is -0.495 e. The molecular weight excluding hydrogens is 380 g/mol. The van der Waals surface area contributed by atoms with Gasteiger partial charge in [0.15, 0.2) is 0 Å². The highest BCUT2D eigenvalue weighted by atomic mass is 32.2. The van der Waals surface area contributed by atoms with Crippen molar-refractivity contribution in [1.29, 1.82) is 0 Å². The zero-order valence-corrected chi connectivity index (χ0v) is 16.1. The number of sulfone groups is 1. The molecule has 0 radical (unpaired) electrons. The molecule has 1 aromatic heterocycles. The van der Waals surface area contributed by atoms with Gasteiger partial charge in [-0.3, -0.25) is 0 Å². The molecule has 3 rings (SSSR count). The van der Waals surface area contributed by atoms with Crippen molar-refractivity contribution in [3.63, 3.8) is 0 Å². The largest absolute Gasteiger partial charge is 0.495 e. The molecule has 0 amide bonds. The Labute approximate surface area is 152 Å². The Bertz CT molecular complexity index is 993.